The van der Waals surface area contributed by atoms with Crippen LogP contribution in [0.2, 0.25) is 0 Å². The van der Waals surface area contributed by atoms with Crippen molar-refractivity contribution in [1.29, 1.82) is 0 Å². The third-order valence-electron chi connectivity index (χ3n) is 1.94. The number of carbonyl (C=O) groups is 2. The van der Waals surface area contributed by atoms with Crippen molar-refractivity contribution < 1.29 is 19.1 Å². The van der Waals surface area contributed by atoms with Crippen molar-refractivity contribution in [2.45, 2.75) is 13.8 Å². The van der Waals surface area contributed by atoms with Crippen molar-refractivity contribution in [2.75, 3.05) is 31.3 Å². The molecule has 0 radical (unpaired) electrons. The van der Waals surface area contributed by atoms with E-state index in [1.807, 2.05) is 0 Å². The Balaban J connectivity index is 3.63. The summed E-state index contributed by atoms with van der Waals surface area (Å²) in [6, 6.07) is 0. The lowest BCUT2D eigenvalue weighted by Gasteiger charge is -2.11. The number of carbonyl (C=O) groups excluding carboxylic acids is 2. The maximum absolute atomic E-state index is 11.5. The van der Waals surface area contributed by atoms with Gasteiger partial charge in [-0.25, -0.2) is 4.79 Å². The van der Waals surface area contributed by atoms with Gasteiger partial charge in [-0.1, -0.05) is 13.5 Å². The molecule has 0 aromatic heterocycles. The third kappa shape index (κ3) is 8.14. The van der Waals surface area contributed by atoms with Gasteiger partial charge < -0.3 is 15.2 Å². The minimum Gasteiger partial charge on any atom is -0.462 e. The lowest BCUT2D eigenvalue weighted by atomic mass is 10.2. The number of ether oxygens (including phenoxy) is 2. The van der Waals surface area contributed by atoms with E-state index in [9.17, 15) is 9.59 Å². The SMILES string of the molecule is C=C(C)C(=O)OCCOC(=O)C(C)CSCCN. The minimum atomic E-state index is -0.474. The van der Waals surface area contributed by atoms with Gasteiger partial charge in [-0.3, -0.25) is 4.79 Å². The van der Waals surface area contributed by atoms with Crippen LogP contribution in [0.1, 0.15) is 13.8 Å². The molecule has 0 amide bonds. The maximum Gasteiger partial charge on any atom is 0.333 e. The molecule has 104 valence electrons. The molecule has 5 nitrogen and oxygen atoms in total. The van der Waals surface area contributed by atoms with Gasteiger partial charge in [-0.15, -0.1) is 0 Å². The Kier molecular flexibility index (Phi) is 9.40. The number of hydrogen-bond donors (Lipinski definition) is 1. The van der Waals surface area contributed by atoms with Gasteiger partial charge in [0.1, 0.15) is 13.2 Å². The van der Waals surface area contributed by atoms with Crippen molar-refractivity contribution >= 4 is 23.7 Å². The molecule has 0 aromatic rings. The van der Waals surface area contributed by atoms with E-state index < -0.39 is 5.97 Å². The third-order valence-corrected chi connectivity index (χ3v) is 3.20. The van der Waals surface area contributed by atoms with Crippen LogP contribution in [0.25, 0.3) is 0 Å². The standard InChI is InChI=1S/C12H21NO4S/c1-9(2)11(14)16-5-6-17-12(15)10(3)8-18-7-4-13/h10H,1,4-8,13H2,2-3H3. The topological polar surface area (TPSA) is 78.6 Å². The molecule has 0 aliphatic rings. The molecule has 0 aliphatic heterocycles. The summed E-state index contributed by atoms with van der Waals surface area (Å²) in [5.74, 6) is 0.567. The summed E-state index contributed by atoms with van der Waals surface area (Å²) in [5.41, 5.74) is 5.68. The molecule has 2 N–H and O–H groups in total. The van der Waals surface area contributed by atoms with Crippen LogP contribution in [0.4, 0.5) is 0 Å². The summed E-state index contributed by atoms with van der Waals surface area (Å²) in [7, 11) is 0. The molecule has 1 unspecified atom stereocenters. The average molecular weight is 275 g/mol. The summed E-state index contributed by atoms with van der Waals surface area (Å²) < 4.78 is 9.77. The molecule has 0 aliphatic carbocycles. The molecule has 0 saturated heterocycles. The molecule has 0 spiro atoms. The monoisotopic (exact) mass is 275 g/mol. The van der Waals surface area contributed by atoms with E-state index in [4.69, 9.17) is 15.2 Å². The van der Waals surface area contributed by atoms with E-state index in [1.165, 1.54) is 0 Å². The van der Waals surface area contributed by atoms with Crippen LogP contribution in [0, 0.1) is 5.92 Å². The molecule has 0 aromatic carbocycles. The highest BCUT2D eigenvalue weighted by atomic mass is 32.2. The van der Waals surface area contributed by atoms with E-state index >= 15 is 0 Å². The minimum absolute atomic E-state index is 0.0557. The van der Waals surface area contributed by atoms with Gasteiger partial charge in [0.25, 0.3) is 0 Å². The van der Waals surface area contributed by atoms with Gasteiger partial charge in [0.2, 0.25) is 0 Å². The van der Waals surface area contributed by atoms with Gasteiger partial charge in [-0.2, -0.15) is 11.8 Å². The highest BCUT2D eigenvalue weighted by molar-refractivity contribution is 7.99. The second-order valence-corrected chi connectivity index (χ2v) is 5.00. The molecular formula is C12H21NO4S. The molecule has 0 bridgehead atoms. The van der Waals surface area contributed by atoms with Crippen LogP contribution in [0.15, 0.2) is 12.2 Å². The van der Waals surface area contributed by atoms with Crippen LogP contribution in [-0.4, -0.2) is 43.2 Å². The molecular weight excluding hydrogens is 254 g/mol. The zero-order chi connectivity index (χ0) is 14.0. The first kappa shape index (κ1) is 17.0. The van der Waals surface area contributed by atoms with E-state index in [2.05, 4.69) is 6.58 Å². The number of thioether (sulfide) groups is 1. The van der Waals surface area contributed by atoms with Crippen molar-refractivity contribution in [3.05, 3.63) is 12.2 Å². The summed E-state index contributed by atoms with van der Waals surface area (Å²) in [6.07, 6.45) is 0. The fourth-order valence-electron chi connectivity index (χ4n) is 0.954. The predicted octanol–water partition coefficient (Wildman–Crippen LogP) is 0.977. The highest BCUT2D eigenvalue weighted by Gasteiger charge is 2.14. The van der Waals surface area contributed by atoms with Crippen molar-refractivity contribution in [2.24, 2.45) is 11.7 Å². The van der Waals surface area contributed by atoms with Crippen LogP contribution in [0.3, 0.4) is 0 Å². The van der Waals surface area contributed by atoms with Crippen LogP contribution >= 0.6 is 11.8 Å². The second kappa shape index (κ2) is 9.96. The smallest absolute Gasteiger partial charge is 0.333 e. The molecule has 1 atom stereocenters. The van der Waals surface area contributed by atoms with Gasteiger partial charge in [0, 0.05) is 23.6 Å². The molecule has 0 saturated carbocycles. The quantitative estimate of drug-likeness (QED) is 0.384. The number of nitrogens with two attached hydrogens (primary N) is 1. The summed E-state index contributed by atoms with van der Waals surface area (Å²) in [6.45, 7) is 7.53. The molecule has 0 heterocycles. The van der Waals surface area contributed by atoms with Crippen molar-refractivity contribution in [1.82, 2.24) is 0 Å². The predicted molar refractivity (Wildman–Crippen MR) is 72.3 cm³/mol. The van der Waals surface area contributed by atoms with E-state index in [-0.39, 0.29) is 25.1 Å². The number of rotatable bonds is 9. The first-order valence-corrected chi connectivity index (χ1v) is 6.91. The van der Waals surface area contributed by atoms with E-state index in [0.717, 1.165) is 5.75 Å². The molecule has 18 heavy (non-hydrogen) atoms. The lowest BCUT2D eigenvalue weighted by molar-refractivity contribution is -0.152. The Morgan fingerprint density at radius 2 is 1.94 bits per heavy atom. The summed E-state index contributed by atoms with van der Waals surface area (Å²) in [5, 5.41) is 0. The Bertz CT molecular complexity index is 294. The van der Waals surface area contributed by atoms with E-state index in [0.29, 0.717) is 17.9 Å². The zero-order valence-corrected chi connectivity index (χ0v) is 11.8. The Morgan fingerprint density at radius 3 is 2.50 bits per heavy atom. The molecule has 6 heteroatoms. The first-order chi connectivity index (χ1) is 8.49. The first-order valence-electron chi connectivity index (χ1n) is 5.76. The van der Waals surface area contributed by atoms with Crippen molar-refractivity contribution in [3.63, 3.8) is 0 Å². The Labute approximate surface area is 112 Å². The van der Waals surface area contributed by atoms with E-state index in [1.54, 1.807) is 25.6 Å². The van der Waals surface area contributed by atoms with Gasteiger partial charge in [0.15, 0.2) is 0 Å². The van der Waals surface area contributed by atoms with Gasteiger partial charge in [0.05, 0.1) is 5.92 Å². The summed E-state index contributed by atoms with van der Waals surface area (Å²) >= 11 is 1.61. The normalized spacial score (nSPS) is 11.7. The van der Waals surface area contributed by atoms with Gasteiger partial charge in [-0.05, 0) is 6.92 Å². The number of hydrogen-bond acceptors (Lipinski definition) is 6. The number of esters is 2. The maximum atomic E-state index is 11.5. The zero-order valence-electron chi connectivity index (χ0n) is 10.9. The Hall–Kier alpha value is -1.01. The molecule has 0 rings (SSSR count). The lowest BCUT2D eigenvalue weighted by Crippen LogP contribution is -2.20. The Morgan fingerprint density at radius 1 is 1.33 bits per heavy atom. The fraction of sp³-hybridized carbons (Fsp3) is 0.667. The van der Waals surface area contributed by atoms with Crippen molar-refractivity contribution in [3.8, 4) is 0 Å². The van der Waals surface area contributed by atoms with Crippen LogP contribution in [-0.2, 0) is 19.1 Å². The fourth-order valence-corrected chi connectivity index (χ4v) is 1.78. The van der Waals surface area contributed by atoms with Crippen LogP contribution in [0.5, 0.6) is 0 Å². The average Bonchev–Trinajstić information content (AvgIpc) is 2.33. The van der Waals surface area contributed by atoms with Crippen LogP contribution < -0.4 is 5.73 Å². The summed E-state index contributed by atoms with van der Waals surface area (Å²) in [4.78, 5) is 22.5. The highest BCUT2D eigenvalue weighted by Crippen LogP contribution is 2.09. The second-order valence-electron chi connectivity index (χ2n) is 3.85. The van der Waals surface area contributed by atoms with Gasteiger partial charge >= 0.3 is 11.9 Å². The largest absolute Gasteiger partial charge is 0.462 e. The molecule has 0 fully saturated rings.